The molecule has 2 N–H and O–H groups in total. The molecular formula is C16H20F3N5O. The number of rotatable bonds is 6. The molecule has 0 fully saturated rings. The number of nitrogens with zero attached hydrogens (tertiary/aromatic N) is 3. The zero-order chi connectivity index (χ0) is 18.3. The predicted molar refractivity (Wildman–Crippen MR) is 89.0 cm³/mol. The Morgan fingerprint density at radius 3 is 2.52 bits per heavy atom. The molecular weight excluding hydrogens is 335 g/mol. The first-order valence-electron chi connectivity index (χ1n) is 7.61. The van der Waals surface area contributed by atoms with Crippen molar-refractivity contribution in [2.45, 2.75) is 19.1 Å². The Morgan fingerprint density at radius 2 is 1.92 bits per heavy atom. The third-order valence-electron chi connectivity index (χ3n) is 3.34. The summed E-state index contributed by atoms with van der Waals surface area (Å²) in [6.45, 7) is 0.109. The first-order valence-corrected chi connectivity index (χ1v) is 7.61. The maximum Gasteiger partial charge on any atom is 0.390 e. The second-order valence-electron chi connectivity index (χ2n) is 5.17. The van der Waals surface area contributed by atoms with Crippen molar-refractivity contribution in [1.29, 1.82) is 0 Å². The highest BCUT2D eigenvalue weighted by atomic mass is 19.4. The van der Waals surface area contributed by atoms with E-state index >= 15 is 0 Å². The van der Waals surface area contributed by atoms with Crippen molar-refractivity contribution in [2.75, 3.05) is 20.7 Å². The van der Waals surface area contributed by atoms with Gasteiger partial charge in [-0.2, -0.15) is 18.3 Å². The molecule has 0 unspecified atom stereocenters. The minimum atomic E-state index is -4.19. The second kappa shape index (κ2) is 8.41. The summed E-state index contributed by atoms with van der Waals surface area (Å²) in [5.74, 6) is 1.05. The van der Waals surface area contributed by atoms with Crippen molar-refractivity contribution in [3.05, 3.63) is 42.2 Å². The molecule has 2 aromatic rings. The summed E-state index contributed by atoms with van der Waals surface area (Å²) in [6, 6.07) is 9.24. The molecule has 1 heterocycles. The number of hydrogen-bond acceptors (Lipinski definition) is 3. The lowest BCUT2D eigenvalue weighted by Crippen LogP contribution is -2.38. The molecule has 0 atom stereocenters. The Labute approximate surface area is 143 Å². The molecule has 6 nitrogen and oxygen atoms in total. The number of benzene rings is 1. The molecule has 25 heavy (non-hydrogen) atoms. The van der Waals surface area contributed by atoms with Crippen LogP contribution in [-0.2, 0) is 6.54 Å². The fourth-order valence-electron chi connectivity index (χ4n) is 2.05. The number of methoxy groups -OCH3 is 1. The van der Waals surface area contributed by atoms with Gasteiger partial charge in [-0.15, -0.1) is 0 Å². The Hall–Kier alpha value is -2.71. The van der Waals surface area contributed by atoms with Gasteiger partial charge in [0, 0.05) is 19.8 Å². The van der Waals surface area contributed by atoms with E-state index in [-0.39, 0.29) is 6.54 Å². The Balaban J connectivity index is 1.87. The number of hydrogen-bond donors (Lipinski definition) is 2. The van der Waals surface area contributed by atoms with E-state index in [1.807, 2.05) is 30.3 Å². The fraction of sp³-hybridized carbons (Fsp3) is 0.375. The van der Waals surface area contributed by atoms with Crippen LogP contribution < -0.4 is 15.4 Å². The smallest absolute Gasteiger partial charge is 0.390 e. The van der Waals surface area contributed by atoms with Crippen molar-refractivity contribution in [3.8, 4) is 11.4 Å². The summed E-state index contributed by atoms with van der Waals surface area (Å²) < 4.78 is 43.3. The van der Waals surface area contributed by atoms with Crippen LogP contribution in [0.2, 0.25) is 0 Å². The van der Waals surface area contributed by atoms with Crippen LogP contribution >= 0.6 is 0 Å². The topological polar surface area (TPSA) is 63.5 Å². The lowest BCUT2D eigenvalue weighted by Gasteiger charge is -2.12. The van der Waals surface area contributed by atoms with Crippen LogP contribution in [0.3, 0.4) is 0 Å². The Morgan fingerprint density at radius 1 is 1.20 bits per heavy atom. The predicted octanol–water partition coefficient (Wildman–Crippen LogP) is 2.50. The summed E-state index contributed by atoms with van der Waals surface area (Å²) in [6.07, 6.45) is -3.30. The summed E-state index contributed by atoms with van der Waals surface area (Å²) >= 11 is 0. The van der Waals surface area contributed by atoms with Gasteiger partial charge in [0.1, 0.15) is 5.75 Å². The first kappa shape index (κ1) is 18.6. The van der Waals surface area contributed by atoms with Crippen molar-refractivity contribution in [1.82, 2.24) is 20.4 Å². The molecule has 1 aromatic heterocycles. The van der Waals surface area contributed by atoms with Crippen LogP contribution in [0, 0.1) is 0 Å². The van der Waals surface area contributed by atoms with E-state index in [4.69, 9.17) is 4.74 Å². The van der Waals surface area contributed by atoms with Crippen molar-refractivity contribution < 1.29 is 17.9 Å². The van der Waals surface area contributed by atoms with Gasteiger partial charge in [-0.1, -0.05) is 0 Å². The van der Waals surface area contributed by atoms with Gasteiger partial charge in [-0.3, -0.25) is 4.99 Å². The Bertz CT molecular complexity index is 695. The van der Waals surface area contributed by atoms with Crippen LogP contribution in [0.4, 0.5) is 13.2 Å². The SMILES string of the molecule is CN=C(NCCC(F)(F)F)NCc1ccn(-c2ccc(OC)cc2)n1. The number of guanidine groups is 1. The molecule has 1 aromatic carbocycles. The molecule has 9 heteroatoms. The Kier molecular flexibility index (Phi) is 6.26. The van der Waals surface area contributed by atoms with Crippen LogP contribution in [0.1, 0.15) is 12.1 Å². The van der Waals surface area contributed by atoms with Crippen LogP contribution in [0.5, 0.6) is 5.75 Å². The molecule has 0 amide bonds. The highest BCUT2D eigenvalue weighted by Gasteiger charge is 2.26. The fourth-order valence-corrected chi connectivity index (χ4v) is 2.05. The lowest BCUT2D eigenvalue weighted by atomic mass is 10.3. The van der Waals surface area contributed by atoms with Gasteiger partial charge in [-0.25, -0.2) is 4.68 Å². The number of halogens is 3. The number of aromatic nitrogens is 2. The van der Waals surface area contributed by atoms with Crippen LogP contribution in [-0.4, -0.2) is 42.6 Å². The van der Waals surface area contributed by atoms with Gasteiger partial charge < -0.3 is 15.4 Å². The zero-order valence-corrected chi connectivity index (χ0v) is 14.0. The molecule has 0 aliphatic heterocycles. The average molecular weight is 355 g/mol. The molecule has 0 saturated heterocycles. The molecule has 0 aliphatic rings. The number of ether oxygens (including phenoxy) is 1. The third kappa shape index (κ3) is 6.02. The maximum absolute atomic E-state index is 12.2. The van der Waals surface area contributed by atoms with E-state index in [1.165, 1.54) is 7.05 Å². The van der Waals surface area contributed by atoms with E-state index in [2.05, 4.69) is 20.7 Å². The van der Waals surface area contributed by atoms with Gasteiger partial charge >= 0.3 is 6.18 Å². The first-order chi connectivity index (χ1) is 11.9. The van der Waals surface area contributed by atoms with E-state index in [0.717, 1.165) is 17.1 Å². The molecule has 0 spiro atoms. The van der Waals surface area contributed by atoms with Gasteiger partial charge in [0.2, 0.25) is 0 Å². The molecule has 136 valence electrons. The monoisotopic (exact) mass is 355 g/mol. The minimum Gasteiger partial charge on any atom is -0.497 e. The van der Waals surface area contributed by atoms with Gasteiger partial charge in [0.15, 0.2) is 5.96 Å². The highest BCUT2D eigenvalue weighted by molar-refractivity contribution is 5.79. The van der Waals surface area contributed by atoms with Crippen molar-refractivity contribution in [3.63, 3.8) is 0 Å². The summed E-state index contributed by atoms with van der Waals surface area (Å²) in [4.78, 5) is 3.89. The molecule has 0 bridgehead atoms. The maximum atomic E-state index is 12.2. The normalized spacial score (nSPS) is 12.1. The molecule has 0 saturated carbocycles. The molecule has 0 radical (unpaired) electrons. The van der Waals surface area contributed by atoms with E-state index in [9.17, 15) is 13.2 Å². The van der Waals surface area contributed by atoms with Crippen molar-refractivity contribution >= 4 is 5.96 Å². The van der Waals surface area contributed by atoms with E-state index in [1.54, 1.807) is 18.0 Å². The van der Waals surface area contributed by atoms with Crippen LogP contribution in [0.15, 0.2) is 41.5 Å². The summed E-state index contributed by atoms with van der Waals surface area (Å²) in [5.41, 5.74) is 1.61. The van der Waals surface area contributed by atoms with Gasteiger partial charge in [0.05, 0.1) is 31.5 Å². The highest BCUT2D eigenvalue weighted by Crippen LogP contribution is 2.18. The molecule has 0 aliphatic carbocycles. The van der Waals surface area contributed by atoms with Gasteiger partial charge in [-0.05, 0) is 30.3 Å². The van der Waals surface area contributed by atoms with E-state index in [0.29, 0.717) is 12.5 Å². The lowest BCUT2D eigenvalue weighted by molar-refractivity contribution is -0.132. The third-order valence-corrected chi connectivity index (χ3v) is 3.34. The summed E-state index contributed by atoms with van der Waals surface area (Å²) in [5, 5.41) is 9.96. The second-order valence-corrected chi connectivity index (χ2v) is 5.17. The zero-order valence-electron chi connectivity index (χ0n) is 14.0. The molecule has 2 rings (SSSR count). The van der Waals surface area contributed by atoms with Crippen molar-refractivity contribution in [2.24, 2.45) is 4.99 Å². The average Bonchev–Trinajstić information content (AvgIpc) is 3.06. The standard InChI is InChI=1S/C16H20F3N5O/c1-20-15(21-9-8-16(17,18)19)22-11-12-7-10-24(23-12)13-3-5-14(25-2)6-4-13/h3-7,10H,8-9,11H2,1-2H3,(H2,20,21,22). The number of aliphatic imine (C=N–C) groups is 1. The number of nitrogens with one attached hydrogen (secondary N) is 2. The quantitative estimate of drug-likeness (QED) is 0.617. The number of alkyl halides is 3. The minimum absolute atomic E-state index is 0.233. The summed E-state index contributed by atoms with van der Waals surface area (Å²) in [7, 11) is 3.10. The van der Waals surface area contributed by atoms with Crippen LogP contribution in [0.25, 0.3) is 5.69 Å². The van der Waals surface area contributed by atoms with E-state index < -0.39 is 12.6 Å². The largest absolute Gasteiger partial charge is 0.497 e. The van der Waals surface area contributed by atoms with Gasteiger partial charge in [0.25, 0.3) is 0 Å².